The SMILES string of the molecule is Cc1cc(CNCCN2CCCCCC2=O)cc(C)c1OCc1ccccn1. The van der Waals surface area contributed by atoms with Crippen molar-refractivity contribution in [2.45, 2.75) is 52.7 Å². The quantitative estimate of drug-likeness (QED) is 0.707. The van der Waals surface area contributed by atoms with E-state index in [2.05, 4.69) is 36.3 Å². The fourth-order valence-corrected chi connectivity index (χ4v) is 3.72. The van der Waals surface area contributed by atoms with Gasteiger partial charge in [-0.2, -0.15) is 0 Å². The second-order valence-electron chi connectivity index (χ2n) is 7.54. The van der Waals surface area contributed by atoms with Crippen molar-refractivity contribution >= 4 is 5.91 Å². The van der Waals surface area contributed by atoms with Crippen molar-refractivity contribution in [1.82, 2.24) is 15.2 Å². The molecule has 5 heteroatoms. The maximum atomic E-state index is 12.0. The Balaban J connectivity index is 1.49. The number of carbonyl (C=O) groups excluding carboxylic acids is 1. The number of likely N-dealkylation sites (tertiary alicyclic amines) is 1. The van der Waals surface area contributed by atoms with Crippen molar-refractivity contribution in [3.63, 3.8) is 0 Å². The summed E-state index contributed by atoms with van der Waals surface area (Å²) in [5.41, 5.74) is 4.43. The van der Waals surface area contributed by atoms with Gasteiger partial charge in [0.25, 0.3) is 0 Å². The number of pyridine rings is 1. The van der Waals surface area contributed by atoms with Gasteiger partial charge in [-0.25, -0.2) is 0 Å². The second kappa shape index (κ2) is 10.2. The third kappa shape index (κ3) is 5.80. The summed E-state index contributed by atoms with van der Waals surface area (Å²) < 4.78 is 6.01. The Morgan fingerprint density at radius 1 is 1.14 bits per heavy atom. The van der Waals surface area contributed by atoms with Gasteiger partial charge >= 0.3 is 0 Å². The molecule has 0 saturated carbocycles. The van der Waals surface area contributed by atoms with Crippen molar-refractivity contribution in [3.05, 3.63) is 58.9 Å². The molecule has 2 aromatic rings. The van der Waals surface area contributed by atoms with E-state index in [-0.39, 0.29) is 0 Å². The molecule has 1 fully saturated rings. The maximum Gasteiger partial charge on any atom is 0.222 e. The molecule has 1 N–H and O–H groups in total. The zero-order valence-corrected chi connectivity index (χ0v) is 17.0. The van der Waals surface area contributed by atoms with Crippen LogP contribution in [0.3, 0.4) is 0 Å². The number of nitrogens with zero attached hydrogens (tertiary/aromatic N) is 2. The van der Waals surface area contributed by atoms with E-state index in [0.29, 0.717) is 18.9 Å². The average Bonchev–Trinajstić information content (AvgIpc) is 2.89. The molecule has 0 atom stereocenters. The van der Waals surface area contributed by atoms with Crippen LogP contribution in [0.25, 0.3) is 0 Å². The summed E-state index contributed by atoms with van der Waals surface area (Å²) in [5, 5.41) is 3.48. The van der Waals surface area contributed by atoms with E-state index in [1.165, 1.54) is 12.0 Å². The lowest BCUT2D eigenvalue weighted by atomic mass is 10.1. The standard InChI is InChI=1S/C23H31N3O2/c1-18-14-20(16-24-11-13-26-12-7-3-4-9-22(26)27)15-19(2)23(18)28-17-21-8-5-6-10-25-21/h5-6,8,10,14-15,24H,3-4,7,9,11-13,16-17H2,1-2H3. The van der Waals surface area contributed by atoms with Crippen LogP contribution in [0.1, 0.15) is 48.1 Å². The van der Waals surface area contributed by atoms with Crippen LogP contribution in [-0.2, 0) is 17.9 Å². The van der Waals surface area contributed by atoms with Gasteiger partial charge < -0.3 is 15.0 Å². The minimum Gasteiger partial charge on any atom is -0.487 e. The smallest absolute Gasteiger partial charge is 0.222 e. The molecule has 1 saturated heterocycles. The van der Waals surface area contributed by atoms with Crippen LogP contribution in [0.5, 0.6) is 5.75 Å². The van der Waals surface area contributed by atoms with E-state index in [4.69, 9.17) is 4.74 Å². The lowest BCUT2D eigenvalue weighted by molar-refractivity contribution is -0.130. The molecule has 1 aromatic carbocycles. The Kier molecular flexibility index (Phi) is 7.43. The number of benzene rings is 1. The van der Waals surface area contributed by atoms with Crippen LogP contribution < -0.4 is 10.1 Å². The Morgan fingerprint density at radius 2 is 1.96 bits per heavy atom. The van der Waals surface area contributed by atoms with Crippen LogP contribution in [0.4, 0.5) is 0 Å². The number of hydrogen-bond donors (Lipinski definition) is 1. The Bertz CT molecular complexity index is 754. The largest absolute Gasteiger partial charge is 0.487 e. The van der Waals surface area contributed by atoms with Gasteiger partial charge in [0.2, 0.25) is 5.91 Å². The first-order chi connectivity index (χ1) is 13.6. The third-order valence-corrected chi connectivity index (χ3v) is 5.17. The molecule has 3 rings (SSSR count). The van der Waals surface area contributed by atoms with Crippen LogP contribution in [0.2, 0.25) is 0 Å². The molecular weight excluding hydrogens is 350 g/mol. The summed E-state index contributed by atoms with van der Waals surface area (Å²) in [7, 11) is 0. The fraction of sp³-hybridized carbons (Fsp3) is 0.478. The number of aryl methyl sites for hydroxylation is 2. The topological polar surface area (TPSA) is 54.5 Å². The van der Waals surface area contributed by atoms with Crippen molar-refractivity contribution in [1.29, 1.82) is 0 Å². The van der Waals surface area contributed by atoms with E-state index < -0.39 is 0 Å². The van der Waals surface area contributed by atoms with E-state index in [9.17, 15) is 4.79 Å². The van der Waals surface area contributed by atoms with Gasteiger partial charge in [0.1, 0.15) is 12.4 Å². The highest BCUT2D eigenvalue weighted by Crippen LogP contribution is 2.25. The molecule has 1 aliphatic rings. The van der Waals surface area contributed by atoms with E-state index in [1.54, 1.807) is 6.20 Å². The van der Waals surface area contributed by atoms with Crippen molar-refractivity contribution < 1.29 is 9.53 Å². The predicted octanol–water partition coefficient (Wildman–Crippen LogP) is 3.77. The summed E-state index contributed by atoms with van der Waals surface area (Å²) in [6.45, 7) is 7.96. The predicted molar refractivity (Wildman–Crippen MR) is 111 cm³/mol. The molecule has 28 heavy (non-hydrogen) atoms. The highest BCUT2D eigenvalue weighted by molar-refractivity contribution is 5.76. The first kappa shape index (κ1) is 20.3. The molecule has 0 aliphatic carbocycles. The summed E-state index contributed by atoms with van der Waals surface area (Å²) >= 11 is 0. The van der Waals surface area contributed by atoms with Gasteiger partial charge in [-0.1, -0.05) is 24.6 Å². The maximum absolute atomic E-state index is 12.0. The minimum absolute atomic E-state index is 0.306. The molecule has 1 amide bonds. The number of hydrogen-bond acceptors (Lipinski definition) is 4. The van der Waals surface area contributed by atoms with Crippen LogP contribution in [-0.4, -0.2) is 35.4 Å². The molecular formula is C23H31N3O2. The Labute approximate surface area is 168 Å². The van der Waals surface area contributed by atoms with Gasteiger partial charge in [0.15, 0.2) is 0 Å². The molecule has 150 valence electrons. The van der Waals surface area contributed by atoms with Gasteiger partial charge in [-0.3, -0.25) is 9.78 Å². The zero-order chi connectivity index (χ0) is 19.8. The molecule has 2 heterocycles. The average molecular weight is 382 g/mol. The second-order valence-corrected chi connectivity index (χ2v) is 7.54. The molecule has 1 aromatic heterocycles. The van der Waals surface area contributed by atoms with Crippen molar-refractivity contribution in [2.24, 2.45) is 0 Å². The van der Waals surface area contributed by atoms with Gasteiger partial charge in [0, 0.05) is 38.8 Å². The van der Waals surface area contributed by atoms with Gasteiger partial charge in [0.05, 0.1) is 5.69 Å². The highest BCUT2D eigenvalue weighted by atomic mass is 16.5. The zero-order valence-electron chi connectivity index (χ0n) is 17.0. The molecule has 0 radical (unpaired) electrons. The molecule has 0 bridgehead atoms. The number of nitrogens with one attached hydrogen (secondary N) is 1. The Hall–Kier alpha value is -2.40. The van der Waals surface area contributed by atoms with E-state index >= 15 is 0 Å². The van der Waals surface area contributed by atoms with Crippen molar-refractivity contribution in [2.75, 3.05) is 19.6 Å². The van der Waals surface area contributed by atoms with E-state index in [1.807, 2.05) is 23.1 Å². The summed E-state index contributed by atoms with van der Waals surface area (Å²) in [6.07, 6.45) is 5.83. The number of carbonyl (C=O) groups is 1. The third-order valence-electron chi connectivity index (χ3n) is 5.17. The van der Waals surface area contributed by atoms with Crippen LogP contribution in [0, 0.1) is 13.8 Å². The van der Waals surface area contributed by atoms with Gasteiger partial charge in [-0.05, 0) is 55.5 Å². The van der Waals surface area contributed by atoms with Crippen LogP contribution in [0.15, 0.2) is 36.5 Å². The summed E-state index contributed by atoms with van der Waals surface area (Å²) in [4.78, 5) is 18.4. The molecule has 0 spiro atoms. The number of rotatable bonds is 8. The number of ether oxygens (including phenoxy) is 1. The van der Waals surface area contributed by atoms with Crippen LogP contribution >= 0.6 is 0 Å². The van der Waals surface area contributed by atoms with Gasteiger partial charge in [-0.15, -0.1) is 0 Å². The number of amides is 1. The summed E-state index contributed by atoms with van der Waals surface area (Å²) in [5.74, 6) is 1.24. The molecule has 0 unspecified atom stereocenters. The monoisotopic (exact) mass is 381 g/mol. The first-order valence-electron chi connectivity index (χ1n) is 10.2. The highest BCUT2D eigenvalue weighted by Gasteiger charge is 2.15. The Morgan fingerprint density at radius 3 is 2.71 bits per heavy atom. The van der Waals surface area contributed by atoms with Crippen molar-refractivity contribution in [3.8, 4) is 5.75 Å². The lowest BCUT2D eigenvalue weighted by Crippen LogP contribution is -2.36. The lowest BCUT2D eigenvalue weighted by Gasteiger charge is -2.20. The fourth-order valence-electron chi connectivity index (χ4n) is 3.72. The number of aromatic nitrogens is 1. The summed E-state index contributed by atoms with van der Waals surface area (Å²) in [6, 6.07) is 10.2. The molecule has 1 aliphatic heterocycles. The first-order valence-corrected chi connectivity index (χ1v) is 10.2. The minimum atomic E-state index is 0.306. The normalized spacial score (nSPS) is 14.8. The molecule has 5 nitrogen and oxygen atoms in total. The van der Waals surface area contributed by atoms with E-state index in [0.717, 1.165) is 61.6 Å².